The Morgan fingerprint density at radius 3 is 1.82 bits per heavy atom. The highest BCUT2D eigenvalue weighted by Gasteiger charge is 2.21. The van der Waals surface area contributed by atoms with Crippen molar-refractivity contribution in [1.82, 2.24) is 19.9 Å². The van der Waals surface area contributed by atoms with Crippen LogP contribution in [0.2, 0.25) is 0 Å². The van der Waals surface area contributed by atoms with Crippen LogP contribution < -0.4 is 0 Å². The van der Waals surface area contributed by atoms with Crippen molar-refractivity contribution < 1.29 is 8.83 Å². The zero-order valence-electron chi connectivity index (χ0n) is 34.3. The molecule has 0 bridgehead atoms. The quantitative estimate of drug-likeness (QED) is 0.177. The maximum Gasteiger partial charge on any atom is 0.161 e. The van der Waals surface area contributed by atoms with Gasteiger partial charge in [-0.05, 0) is 55.3 Å². The number of furan rings is 2. The average Bonchev–Trinajstić information content (AvgIpc) is 3.90. The molecule has 0 saturated heterocycles. The minimum Gasteiger partial charge on any atom is -0.460 e. The van der Waals surface area contributed by atoms with Gasteiger partial charge in [0.2, 0.25) is 0 Å². The zero-order valence-corrected chi connectivity index (χ0v) is 34.3. The van der Waals surface area contributed by atoms with Crippen LogP contribution in [0, 0.1) is 6.92 Å². The molecule has 0 saturated carbocycles. The lowest BCUT2D eigenvalue weighted by Gasteiger charge is -2.11. The molecular weight excluding hydrogens is 749 g/mol. The fraction of sp³-hybridized carbons (Fsp3) is 0.0909. The minimum absolute atomic E-state index is 0.716. The maximum absolute atomic E-state index is 6.18. The molecule has 7 aromatic carbocycles. The Morgan fingerprint density at radius 2 is 1.07 bits per heavy atom. The molecule has 1 aliphatic rings. The van der Waals surface area contributed by atoms with Gasteiger partial charge in [0.25, 0.3) is 0 Å². The number of allylic oxidation sites excluding steroid dienone is 1. The van der Waals surface area contributed by atoms with Crippen LogP contribution in [0.4, 0.5) is 0 Å². The van der Waals surface area contributed by atoms with Gasteiger partial charge in [-0.3, -0.25) is 0 Å². The summed E-state index contributed by atoms with van der Waals surface area (Å²) in [5, 5.41) is 5.38. The van der Waals surface area contributed by atoms with Crippen LogP contribution in [0.3, 0.4) is 0 Å². The third-order valence-electron chi connectivity index (χ3n) is 11.1. The highest BCUT2D eigenvalue weighted by Crippen LogP contribution is 2.41. The number of fused-ring (bicyclic) bond motifs is 8. The van der Waals surface area contributed by atoms with E-state index in [2.05, 4.69) is 91.9 Å². The molecule has 0 N–H and O–H groups in total. The van der Waals surface area contributed by atoms with Gasteiger partial charge in [-0.1, -0.05) is 153 Å². The summed E-state index contributed by atoms with van der Waals surface area (Å²) in [6.07, 6.45) is 6.38. The number of rotatable bonds is 4. The Balaban J connectivity index is 0.000000141. The third kappa shape index (κ3) is 6.92. The Kier molecular flexibility index (Phi) is 9.95. The molecule has 61 heavy (non-hydrogen) atoms. The number of hydrogen-bond acceptors (Lipinski definition) is 6. The van der Waals surface area contributed by atoms with Gasteiger partial charge < -0.3 is 8.83 Å². The first-order chi connectivity index (χ1) is 30.2. The number of aryl methyl sites for hydroxylation is 2. The first kappa shape index (κ1) is 37.6. The largest absolute Gasteiger partial charge is 0.460 e. The Morgan fingerprint density at radius 1 is 0.459 bits per heavy atom. The molecule has 0 fully saturated rings. The fourth-order valence-electron chi connectivity index (χ4n) is 8.38. The van der Waals surface area contributed by atoms with Crippen molar-refractivity contribution in [2.24, 2.45) is 0 Å². The van der Waals surface area contributed by atoms with E-state index in [0.29, 0.717) is 5.82 Å². The lowest BCUT2D eigenvalue weighted by atomic mass is 9.96. The second-order valence-corrected chi connectivity index (χ2v) is 14.9. The topological polar surface area (TPSA) is 77.8 Å². The van der Waals surface area contributed by atoms with Crippen molar-refractivity contribution in [3.63, 3.8) is 0 Å². The van der Waals surface area contributed by atoms with Crippen molar-refractivity contribution in [2.45, 2.75) is 33.6 Å². The molecule has 4 heterocycles. The Bertz CT molecular complexity index is 3400. The van der Waals surface area contributed by atoms with Gasteiger partial charge in [-0.25, -0.2) is 19.9 Å². The van der Waals surface area contributed by atoms with E-state index in [0.717, 1.165) is 118 Å². The minimum atomic E-state index is 0.716. The van der Waals surface area contributed by atoms with Crippen LogP contribution >= 0.6 is 0 Å². The SMILES string of the molecule is C1=Cc2c(oc3cccc(-c4nc(-c5ccccc5)nc5ccccc45)c23)CC1.CC.Cc1cc(-c2nc(-c3ccccc3)c3ccccc3n2)c2c(c1)oc1ccccc12. The molecule has 11 aromatic rings. The van der Waals surface area contributed by atoms with Gasteiger partial charge in [0, 0.05) is 61.2 Å². The molecular formula is C55H42N4O2. The molecule has 0 spiro atoms. The van der Waals surface area contributed by atoms with Crippen LogP contribution in [0.15, 0.2) is 179 Å². The van der Waals surface area contributed by atoms with E-state index in [9.17, 15) is 0 Å². The van der Waals surface area contributed by atoms with Gasteiger partial charge in [-0.2, -0.15) is 0 Å². The first-order valence-electron chi connectivity index (χ1n) is 20.9. The molecule has 0 atom stereocenters. The van der Waals surface area contributed by atoms with E-state index in [4.69, 9.17) is 28.8 Å². The van der Waals surface area contributed by atoms with Crippen LogP contribution in [-0.4, -0.2) is 19.9 Å². The van der Waals surface area contributed by atoms with E-state index in [1.54, 1.807) is 0 Å². The smallest absolute Gasteiger partial charge is 0.161 e. The number of aromatic nitrogens is 4. The molecule has 12 rings (SSSR count). The van der Waals surface area contributed by atoms with Gasteiger partial charge in [0.05, 0.1) is 22.4 Å². The summed E-state index contributed by atoms with van der Waals surface area (Å²) in [5.41, 5.74) is 12.9. The summed E-state index contributed by atoms with van der Waals surface area (Å²) < 4.78 is 12.3. The van der Waals surface area contributed by atoms with E-state index >= 15 is 0 Å². The van der Waals surface area contributed by atoms with Crippen molar-refractivity contribution in [1.29, 1.82) is 0 Å². The van der Waals surface area contributed by atoms with E-state index in [1.807, 2.05) is 105 Å². The molecule has 0 aliphatic heterocycles. The molecule has 0 unspecified atom stereocenters. The van der Waals surface area contributed by atoms with Crippen molar-refractivity contribution >= 4 is 60.8 Å². The number of hydrogen-bond donors (Lipinski definition) is 0. The van der Waals surface area contributed by atoms with E-state index < -0.39 is 0 Å². The van der Waals surface area contributed by atoms with Gasteiger partial charge in [0.1, 0.15) is 22.5 Å². The molecule has 1 aliphatic carbocycles. The lowest BCUT2D eigenvalue weighted by molar-refractivity contribution is 0.546. The van der Waals surface area contributed by atoms with E-state index in [-0.39, 0.29) is 0 Å². The predicted octanol–water partition coefficient (Wildman–Crippen LogP) is 14.9. The molecule has 4 aromatic heterocycles. The predicted molar refractivity (Wildman–Crippen MR) is 251 cm³/mol. The summed E-state index contributed by atoms with van der Waals surface area (Å²) in [7, 11) is 0. The molecule has 294 valence electrons. The van der Waals surface area contributed by atoms with Gasteiger partial charge in [-0.15, -0.1) is 0 Å². The van der Waals surface area contributed by atoms with E-state index in [1.165, 1.54) is 5.56 Å². The lowest BCUT2D eigenvalue weighted by Crippen LogP contribution is -1.96. The highest BCUT2D eigenvalue weighted by molar-refractivity contribution is 6.12. The summed E-state index contributed by atoms with van der Waals surface area (Å²) in [4.78, 5) is 19.9. The summed E-state index contributed by atoms with van der Waals surface area (Å²) in [6, 6.07) is 55.5. The van der Waals surface area contributed by atoms with Crippen LogP contribution in [0.5, 0.6) is 0 Å². The van der Waals surface area contributed by atoms with Crippen LogP contribution in [-0.2, 0) is 6.42 Å². The molecule has 0 radical (unpaired) electrons. The van der Waals surface area contributed by atoms with Gasteiger partial charge >= 0.3 is 0 Å². The molecule has 6 heteroatoms. The summed E-state index contributed by atoms with van der Waals surface area (Å²) >= 11 is 0. The maximum atomic E-state index is 6.18. The molecule has 0 amide bonds. The van der Waals surface area contributed by atoms with Crippen LogP contribution in [0.1, 0.15) is 37.2 Å². The number of para-hydroxylation sites is 3. The second kappa shape index (κ2) is 16.2. The average molecular weight is 791 g/mol. The zero-order chi connectivity index (χ0) is 41.3. The monoisotopic (exact) mass is 790 g/mol. The number of nitrogens with zero attached hydrogens (tertiary/aromatic N) is 4. The first-order valence-corrected chi connectivity index (χ1v) is 20.9. The third-order valence-corrected chi connectivity index (χ3v) is 11.1. The second-order valence-electron chi connectivity index (χ2n) is 14.9. The highest BCUT2D eigenvalue weighted by atomic mass is 16.3. The molecule has 6 nitrogen and oxygen atoms in total. The normalized spacial score (nSPS) is 12.0. The fourth-order valence-corrected chi connectivity index (χ4v) is 8.38. The summed E-state index contributed by atoms with van der Waals surface area (Å²) in [5.74, 6) is 2.52. The van der Waals surface area contributed by atoms with Crippen molar-refractivity contribution in [3.8, 4) is 45.3 Å². The summed E-state index contributed by atoms with van der Waals surface area (Å²) in [6.45, 7) is 6.08. The Labute approximate surface area is 353 Å². The Hall–Kier alpha value is -7.70. The van der Waals surface area contributed by atoms with Crippen LogP contribution in [0.25, 0.3) is 106 Å². The van der Waals surface area contributed by atoms with Crippen molar-refractivity contribution in [2.75, 3.05) is 0 Å². The standard InChI is InChI=1S/C27H18N2O.C26H18N2O.C2H6/c1-17-15-21(25-20-12-6-8-14-23(20)30-24(25)16-17)27-28-22-13-7-5-11-19(22)26(29-27)18-9-3-2-4-10-18;1-2-9-17(10-3-1)26-27-21-14-6-4-11-18(21)25(28-26)20-13-8-16-23-24(20)19-12-5-7-15-22(19)29-23;1-2/h2-16H,1H3;1-6,8-14,16H,7,15H2;1-2H3. The van der Waals surface area contributed by atoms with Crippen molar-refractivity contribution in [3.05, 3.63) is 187 Å². The number of benzene rings is 7. The van der Waals surface area contributed by atoms with Gasteiger partial charge in [0.15, 0.2) is 11.6 Å².